The van der Waals surface area contributed by atoms with E-state index in [2.05, 4.69) is 41.5 Å². The maximum Gasteiger partial charge on any atom is 0.333 e. The largest absolute Gasteiger partial charge is 0.508 e. The van der Waals surface area contributed by atoms with Crippen molar-refractivity contribution in [1.29, 1.82) is 0 Å². The van der Waals surface area contributed by atoms with Crippen molar-refractivity contribution >= 4 is 8.60 Å². The molecule has 0 heterocycles. The van der Waals surface area contributed by atoms with Crippen LogP contribution in [0.4, 0.5) is 0 Å². The highest BCUT2D eigenvalue weighted by atomic mass is 31.2. The summed E-state index contributed by atoms with van der Waals surface area (Å²) in [7, 11) is -1.47. The molecular weight excluding hydrogens is 323 g/mol. The van der Waals surface area contributed by atoms with Crippen LogP contribution < -0.4 is 0 Å². The molecular formula is C19H33O4P. The van der Waals surface area contributed by atoms with Gasteiger partial charge in [0.2, 0.25) is 0 Å². The SMILES string of the molecule is CCOP(OCC)OC(c1ccc(O)cc1)(C(C)(C)C)C(C)(C)C. The smallest absolute Gasteiger partial charge is 0.333 e. The van der Waals surface area contributed by atoms with Gasteiger partial charge in [-0.3, -0.25) is 4.52 Å². The first-order chi connectivity index (χ1) is 11.0. The van der Waals surface area contributed by atoms with Crippen LogP contribution in [0.1, 0.15) is 61.0 Å². The Kier molecular flexibility index (Phi) is 7.25. The third kappa shape index (κ3) is 4.49. The van der Waals surface area contributed by atoms with Crippen LogP contribution in [0, 0.1) is 10.8 Å². The fourth-order valence-electron chi connectivity index (χ4n) is 3.43. The van der Waals surface area contributed by atoms with E-state index in [0.29, 0.717) is 13.2 Å². The molecule has 0 aliphatic rings. The molecule has 0 spiro atoms. The Bertz CT molecular complexity index is 480. The highest BCUT2D eigenvalue weighted by Crippen LogP contribution is 2.61. The maximum atomic E-state index is 9.69. The van der Waals surface area contributed by atoms with Crippen LogP contribution >= 0.6 is 8.60 Å². The molecule has 0 radical (unpaired) electrons. The molecule has 1 aromatic carbocycles. The fourth-order valence-corrected chi connectivity index (χ4v) is 4.90. The predicted octanol–water partition coefficient (Wildman–Crippen LogP) is 6.00. The van der Waals surface area contributed by atoms with Crippen LogP contribution in [0.25, 0.3) is 0 Å². The Balaban J connectivity index is 3.50. The number of aromatic hydroxyl groups is 1. The van der Waals surface area contributed by atoms with Gasteiger partial charge < -0.3 is 14.2 Å². The van der Waals surface area contributed by atoms with Crippen LogP contribution in [0.3, 0.4) is 0 Å². The molecule has 0 atom stereocenters. The van der Waals surface area contributed by atoms with E-state index in [0.717, 1.165) is 5.56 Å². The van der Waals surface area contributed by atoms with Gasteiger partial charge in [0.15, 0.2) is 0 Å². The minimum Gasteiger partial charge on any atom is -0.508 e. The van der Waals surface area contributed by atoms with E-state index in [9.17, 15) is 5.11 Å². The molecule has 0 amide bonds. The first-order valence-electron chi connectivity index (χ1n) is 8.54. The van der Waals surface area contributed by atoms with Gasteiger partial charge in [-0.05, 0) is 42.4 Å². The topological polar surface area (TPSA) is 47.9 Å². The minimum absolute atomic E-state index is 0.225. The van der Waals surface area contributed by atoms with Crippen LogP contribution in [0.15, 0.2) is 24.3 Å². The summed E-state index contributed by atoms with van der Waals surface area (Å²) in [6.45, 7) is 17.9. The van der Waals surface area contributed by atoms with Crippen LogP contribution in [0.2, 0.25) is 0 Å². The van der Waals surface area contributed by atoms with Crippen molar-refractivity contribution in [3.05, 3.63) is 29.8 Å². The normalized spacial score (nSPS) is 13.5. The van der Waals surface area contributed by atoms with Gasteiger partial charge in [0.05, 0.1) is 13.2 Å². The Hall–Kier alpha value is -0.670. The maximum absolute atomic E-state index is 9.69. The lowest BCUT2D eigenvalue weighted by atomic mass is 9.59. The first kappa shape index (κ1) is 21.4. The summed E-state index contributed by atoms with van der Waals surface area (Å²) in [5.41, 5.74) is -0.0928. The number of rotatable bonds is 7. The Morgan fingerprint density at radius 1 is 0.833 bits per heavy atom. The summed E-state index contributed by atoms with van der Waals surface area (Å²) < 4.78 is 18.1. The van der Waals surface area contributed by atoms with Crippen molar-refractivity contribution in [3.63, 3.8) is 0 Å². The number of phenolic OH excluding ortho intramolecular Hbond substituents is 1. The molecule has 0 saturated carbocycles. The van der Waals surface area contributed by atoms with Crippen molar-refractivity contribution in [1.82, 2.24) is 0 Å². The van der Waals surface area contributed by atoms with Crippen LogP contribution in [-0.2, 0) is 19.2 Å². The molecule has 1 N–H and O–H groups in total. The summed E-state index contributed by atoms with van der Waals surface area (Å²) in [6.07, 6.45) is 0. The summed E-state index contributed by atoms with van der Waals surface area (Å²) in [4.78, 5) is 0. The molecule has 4 nitrogen and oxygen atoms in total. The molecule has 0 fully saturated rings. The van der Waals surface area contributed by atoms with Gasteiger partial charge in [-0.1, -0.05) is 53.7 Å². The lowest BCUT2D eigenvalue weighted by Gasteiger charge is -2.53. The second-order valence-corrected chi connectivity index (χ2v) is 9.02. The van der Waals surface area contributed by atoms with Gasteiger partial charge in [-0.25, -0.2) is 0 Å². The lowest BCUT2D eigenvalue weighted by molar-refractivity contribution is -0.132. The molecule has 0 aliphatic carbocycles. The van der Waals surface area contributed by atoms with E-state index in [1.54, 1.807) is 12.1 Å². The number of hydrogen-bond acceptors (Lipinski definition) is 4. The van der Waals surface area contributed by atoms with Crippen molar-refractivity contribution < 1.29 is 18.7 Å². The molecule has 24 heavy (non-hydrogen) atoms. The number of hydrogen-bond donors (Lipinski definition) is 1. The molecule has 138 valence electrons. The molecule has 0 bridgehead atoms. The summed E-state index contributed by atoms with van der Waals surface area (Å²) in [5.74, 6) is 0.243. The Morgan fingerprint density at radius 3 is 1.58 bits per heavy atom. The van der Waals surface area contributed by atoms with Crippen molar-refractivity contribution in [2.75, 3.05) is 13.2 Å². The minimum atomic E-state index is -1.47. The zero-order chi connectivity index (χ0) is 18.6. The molecule has 0 unspecified atom stereocenters. The lowest BCUT2D eigenvalue weighted by Crippen LogP contribution is -2.51. The molecule has 0 saturated heterocycles. The van der Waals surface area contributed by atoms with E-state index in [-0.39, 0.29) is 16.6 Å². The Labute approximate surface area is 148 Å². The van der Waals surface area contributed by atoms with E-state index in [1.807, 2.05) is 26.0 Å². The summed E-state index contributed by atoms with van der Waals surface area (Å²) in [6, 6.07) is 7.26. The standard InChI is InChI=1S/C19H33O4P/c1-9-21-24(22-10-2)23-19(17(3,4)5,18(6,7)8)15-11-13-16(20)14-12-15/h11-14,20H,9-10H2,1-8H3. The number of phenols is 1. The van der Waals surface area contributed by atoms with E-state index in [4.69, 9.17) is 13.6 Å². The van der Waals surface area contributed by atoms with Gasteiger partial charge in [0.1, 0.15) is 11.4 Å². The van der Waals surface area contributed by atoms with Crippen LogP contribution in [0.5, 0.6) is 5.75 Å². The molecule has 5 heteroatoms. The third-order valence-corrected chi connectivity index (χ3v) is 5.43. The second kappa shape index (κ2) is 8.14. The molecule has 1 rings (SSSR count). The van der Waals surface area contributed by atoms with Gasteiger partial charge in [0, 0.05) is 0 Å². The van der Waals surface area contributed by atoms with Crippen molar-refractivity contribution in [2.45, 2.75) is 61.0 Å². The highest BCUT2D eigenvalue weighted by Gasteiger charge is 2.55. The molecule has 0 aromatic heterocycles. The van der Waals surface area contributed by atoms with Gasteiger partial charge >= 0.3 is 8.60 Å². The predicted molar refractivity (Wildman–Crippen MR) is 100.0 cm³/mol. The first-order valence-corrected chi connectivity index (χ1v) is 9.63. The van der Waals surface area contributed by atoms with Crippen molar-refractivity contribution in [3.8, 4) is 5.75 Å². The van der Waals surface area contributed by atoms with Gasteiger partial charge in [0.25, 0.3) is 0 Å². The summed E-state index contributed by atoms with van der Waals surface area (Å²) in [5, 5.41) is 9.69. The van der Waals surface area contributed by atoms with Gasteiger partial charge in [-0.2, -0.15) is 0 Å². The van der Waals surface area contributed by atoms with E-state index >= 15 is 0 Å². The third-order valence-electron chi connectivity index (χ3n) is 4.07. The van der Waals surface area contributed by atoms with E-state index in [1.165, 1.54) is 0 Å². The zero-order valence-electron chi connectivity index (χ0n) is 16.3. The average molecular weight is 356 g/mol. The average Bonchev–Trinajstić information content (AvgIpc) is 2.43. The number of benzene rings is 1. The highest BCUT2D eigenvalue weighted by molar-refractivity contribution is 7.41. The quantitative estimate of drug-likeness (QED) is 0.609. The Morgan fingerprint density at radius 2 is 1.25 bits per heavy atom. The fraction of sp³-hybridized carbons (Fsp3) is 0.684. The summed E-state index contributed by atoms with van der Waals surface area (Å²) >= 11 is 0. The molecule has 0 aliphatic heterocycles. The van der Waals surface area contributed by atoms with E-state index < -0.39 is 14.2 Å². The second-order valence-electron chi connectivity index (χ2n) is 7.88. The van der Waals surface area contributed by atoms with Crippen LogP contribution in [-0.4, -0.2) is 18.3 Å². The monoisotopic (exact) mass is 356 g/mol. The van der Waals surface area contributed by atoms with Crippen molar-refractivity contribution in [2.24, 2.45) is 10.8 Å². The molecule has 1 aromatic rings. The zero-order valence-corrected chi connectivity index (χ0v) is 17.2. The van der Waals surface area contributed by atoms with Gasteiger partial charge in [-0.15, -0.1) is 0 Å².